The van der Waals surface area contributed by atoms with Gasteiger partial charge in [0.15, 0.2) is 18.0 Å². The fraction of sp³-hybridized carbons (Fsp3) is 0.345. The van der Waals surface area contributed by atoms with Crippen molar-refractivity contribution >= 4 is 33.8 Å². The zero-order chi connectivity index (χ0) is 29.6. The topological polar surface area (TPSA) is 181 Å². The van der Waals surface area contributed by atoms with Crippen molar-refractivity contribution in [2.75, 3.05) is 7.11 Å². The number of rotatable bonds is 7. The number of carbonyl (C=O) groups excluding carboxylic acids is 2. The number of methoxy groups -OCH3 is 1. The number of fused-ring (bicyclic) bond motifs is 2. The largest absolute Gasteiger partial charge is 0.507 e. The SMILES string of the molecule is CO[C@@H]1[C@@H](OC(N)=O)[C@@H](O)[C@H](Oc2ccc3c(O)c(CC(=O)c4cc5ccccc5o4)c(=O)oc3c2C)OC1(C)C. The number of para-hydroxylation sites is 1. The minimum Gasteiger partial charge on any atom is -0.507 e. The summed E-state index contributed by atoms with van der Waals surface area (Å²) in [7, 11) is 1.38. The lowest BCUT2D eigenvalue weighted by Crippen LogP contribution is -2.65. The summed E-state index contributed by atoms with van der Waals surface area (Å²) in [6, 6.07) is 11.6. The van der Waals surface area contributed by atoms with Gasteiger partial charge in [-0.1, -0.05) is 18.2 Å². The molecular weight excluding hydrogens is 538 g/mol. The van der Waals surface area contributed by atoms with Crippen LogP contribution in [0.3, 0.4) is 0 Å². The molecule has 1 saturated heterocycles. The van der Waals surface area contributed by atoms with Crippen molar-refractivity contribution < 1.29 is 47.6 Å². The van der Waals surface area contributed by atoms with Crippen molar-refractivity contribution in [3.63, 3.8) is 0 Å². The van der Waals surface area contributed by atoms with Gasteiger partial charge in [0.05, 0.1) is 23.0 Å². The summed E-state index contributed by atoms with van der Waals surface area (Å²) >= 11 is 0. The maximum atomic E-state index is 12.9. The number of hydrogen-bond donors (Lipinski definition) is 3. The molecule has 2 aromatic heterocycles. The molecule has 1 amide bonds. The fourth-order valence-corrected chi connectivity index (χ4v) is 5.12. The highest BCUT2D eigenvalue weighted by Crippen LogP contribution is 2.38. The maximum Gasteiger partial charge on any atom is 0.404 e. The summed E-state index contributed by atoms with van der Waals surface area (Å²) in [4.78, 5) is 37.3. The van der Waals surface area contributed by atoms with Gasteiger partial charge in [-0.25, -0.2) is 9.59 Å². The number of ketones is 1. The molecule has 216 valence electrons. The first-order valence-electron chi connectivity index (χ1n) is 12.7. The number of benzene rings is 2. The molecule has 5 rings (SSSR count). The molecule has 0 unspecified atom stereocenters. The second kappa shape index (κ2) is 10.5. The Kier molecular flexibility index (Phi) is 7.24. The number of Topliss-reactive ketones (excluding diaryl/α,β-unsaturated/α-hetero) is 1. The van der Waals surface area contributed by atoms with E-state index < -0.39 is 59.9 Å². The number of aryl methyl sites for hydroxylation is 1. The second-order valence-corrected chi connectivity index (χ2v) is 10.3. The lowest BCUT2D eigenvalue weighted by atomic mass is 9.89. The van der Waals surface area contributed by atoms with Gasteiger partial charge in [0.1, 0.15) is 28.8 Å². The Hall–Kier alpha value is -4.39. The number of carbonyl (C=O) groups is 2. The average molecular weight is 568 g/mol. The van der Waals surface area contributed by atoms with E-state index in [9.17, 15) is 24.6 Å². The molecule has 2 aromatic carbocycles. The molecular formula is C29H29NO11. The van der Waals surface area contributed by atoms with E-state index in [4.69, 9.17) is 33.5 Å². The molecule has 4 aromatic rings. The Labute approximate surface area is 233 Å². The number of furan rings is 1. The molecule has 1 fully saturated rings. The number of aromatic hydroxyl groups is 1. The van der Waals surface area contributed by atoms with Crippen LogP contribution in [-0.2, 0) is 20.6 Å². The predicted octanol–water partition coefficient (Wildman–Crippen LogP) is 3.33. The molecule has 0 spiro atoms. The molecule has 1 aliphatic rings. The average Bonchev–Trinajstić information content (AvgIpc) is 3.35. The monoisotopic (exact) mass is 567 g/mol. The maximum absolute atomic E-state index is 12.9. The number of aliphatic hydroxyl groups excluding tert-OH is 1. The Morgan fingerprint density at radius 3 is 2.54 bits per heavy atom. The van der Waals surface area contributed by atoms with Gasteiger partial charge in [-0.15, -0.1) is 0 Å². The van der Waals surface area contributed by atoms with Crippen LogP contribution in [0.5, 0.6) is 11.5 Å². The third kappa shape index (κ3) is 5.12. The highest BCUT2D eigenvalue weighted by Gasteiger charge is 2.53. The van der Waals surface area contributed by atoms with Gasteiger partial charge in [-0.3, -0.25) is 4.79 Å². The van der Waals surface area contributed by atoms with Crippen LogP contribution in [0.4, 0.5) is 4.79 Å². The summed E-state index contributed by atoms with van der Waals surface area (Å²) in [6.07, 6.45) is -6.46. The van der Waals surface area contributed by atoms with Crippen molar-refractivity contribution in [3.05, 3.63) is 69.8 Å². The van der Waals surface area contributed by atoms with Gasteiger partial charge in [-0.05, 0) is 45.0 Å². The number of ether oxygens (including phenoxy) is 4. The van der Waals surface area contributed by atoms with Gasteiger partial charge < -0.3 is 43.7 Å². The minimum absolute atomic E-state index is 0.00852. The van der Waals surface area contributed by atoms with Crippen molar-refractivity contribution in [3.8, 4) is 11.5 Å². The normalized spacial score (nSPS) is 22.1. The molecule has 4 atom stereocenters. The summed E-state index contributed by atoms with van der Waals surface area (Å²) in [5.41, 5.74) is 3.83. The Morgan fingerprint density at radius 1 is 1.12 bits per heavy atom. The molecule has 0 radical (unpaired) electrons. The summed E-state index contributed by atoms with van der Waals surface area (Å²) in [5, 5.41) is 22.8. The Morgan fingerprint density at radius 2 is 1.85 bits per heavy atom. The highest BCUT2D eigenvalue weighted by atomic mass is 16.7. The molecule has 0 aliphatic carbocycles. The first kappa shape index (κ1) is 28.1. The number of amides is 1. The molecule has 12 heteroatoms. The molecule has 41 heavy (non-hydrogen) atoms. The quantitative estimate of drug-likeness (QED) is 0.220. The zero-order valence-electron chi connectivity index (χ0n) is 22.7. The van der Waals surface area contributed by atoms with Gasteiger partial charge in [0.2, 0.25) is 12.1 Å². The van der Waals surface area contributed by atoms with E-state index in [2.05, 4.69) is 0 Å². The van der Waals surface area contributed by atoms with Crippen molar-refractivity contribution in [2.45, 2.75) is 57.4 Å². The van der Waals surface area contributed by atoms with Gasteiger partial charge in [0, 0.05) is 18.1 Å². The number of hydrogen-bond acceptors (Lipinski definition) is 11. The van der Waals surface area contributed by atoms with Gasteiger partial charge in [-0.2, -0.15) is 0 Å². The lowest BCUT2D eigenvalue weighted by Gasteiger charge is -2.47. The van der Waals surface area contributed by atoms with Crippen molar-refractivity contribution in [1.82, 2.24) is 0 Å². The van der Waals surface area contributed by atoms with Crippen LogP contribution in [0, 0.1) is 6.92 Å². The van der Waals surface area contributed by atoms with Crippen LogP contribution in [0.15, 0.2) is 56.1 Å². The summed E-state index contributed by atoms with van der Waals surface area (Å²) in [6.45, 7) is 4.91. The molecule has 12 nitrogen and oxygen atoms in total. The number of nitrogens with two attached hydrogens (primary N) is 1. The minimum atomic E-state index is -1.50. The van der Waals surface area contributed by atoms with E-state index in [1.807, 2.05) is 6.07 Å². The van der Waals surface area contributed by atoms with Crippen LogP contribution in [0.2, 0.25) is 0 Å². The smallest absolute Gasteiger partial charge is 0.404 e. The van der Waals surface area contributed by atoms with E-state index in [0.29, 0.717) is 11.1 Å². The van der Waals surface area contributed by atoms with Gasteiger partial charge in [0.25, 0.3) is 0 Å². The lowest BCUT2D eigenvalue weighted by molar-refractivity contribution is -0.304. The first-order chi connectivity index (χ1) is 19.4. The van der Waals surface area contributed by atoms with Crippen LogP contribution in [-0.4, -0.2) is 59.4 Å². The van der Waals surface area contributed by atoms with Crippen LogP contribution >= 0.6 is 0 Å². The van der Waals surface area contributed by atoms with Gasteiger partial charge >= 0.3 is 11.7 Å². The molecule has 1 aliphatic heterocycles. The van der Waals surface area contributed by atoms with E-state index in [0.717, 1.165) is 5.39 Å². The summed E-state index contributed by atoms with van der Waals surface area (Å²) in [5.74, 6) is -0.718. The van der Waals surface area contributed by atoms with Crippen LogP contribution in [0.1, 0.15) is 35.5 Å². The second-order valence-electron chi connectivity index (χ2n) is 10.3. The predicted molar refractivity (Wildman–Crippen MR) is 144 cm³/mol. The first-order valence-corrected chi connectivity index (χ1v) is 12.7. The Balaban J connectivity index is 1.44. The van der Waals surface area contributed by atoms with E-state index >= 15 is 0 Å². The van der Waals surface area contributed by atoms with Crippen LogP contribution in [0.25, 0.3) is 21.9 Å². The van der Waals surface area contributed by atoms with Crippen molar-refractivity contribution in [2.24, 2.45) is 5.73 Å². The highest BCUT2D eigenvalue weighted by molar-refractivity contribution is 6.00. The number of aliphatic hydroxyl groups is 1. The fourth-order valence-electron chi connectivity index (χ4n) is 5.12. The summed E-state index contributed by atoms with van der Waals surface area (Å²) < 4.78 is 33.5. The molecule has 0 bridgehead atoms. The number of primary amides is 1. The van der Waals surface area contributed by atoms with E-state index in [1.54, 1.807) is 45.0 Å². The molecule has 4 N–H and O–H groups in total. The zero-order valence-corrected chi connectivity index (χ0v) is 22.7. The van der Waals surface area contributed by atoms with Crippen molar-refractivity contribution in [1.29, 1.82) is 0 Å². The molecule has 0 saturated carbocycles. The third-order valence-electron chi connectivity index (χ3n) is 7.14. The standard InChI is InChI=1S/C29H29NO11/c1-13-18(38-27-22(33)24(40-28(30)35)25(36-4)29(2,3)41-27)10-9-15-21(32)16(26(34)39-23(13)15)12-17(31)20-11-14-7-5-6-8-19(14)37-20/h5-11,22,24-25,27,32-33H,12H2,1-4H3,(H2,30,35)/t22-,24+,25-,27-/m1/s1. The van der Waals surface area contributed by atoms with E-state index in [1.165, 1.54) is 19.2 Å². The Bertz CT molecular complexity index is 1670. The third-order valence-corrected chi connectivity index (χ3v) is 7.14. The van der Waals surface area contributed by atoms with Crippen LogP contribution < -0.4 is 16.1 Å². The van der Waals surface area contributed by atoms with E-state index in [-0.39, 0.29) is 28.0 Å². The molecule has 3 heterocycles.